The van der Waals surface area contributed by atoms with E-state index in [-0.39, 0.29) is 24.2 Å². The van der Waals surface area contributed by atoms with E-state index in [9.17, 15) is 9.59 Å². The lowest BCUT2D eigenvalue weighted by Crippen LogP contribution is -2.34. The monoisotopic (exact) mass is 373 g/mol. The van der Waals surface area contributed by atoms with E-state index in [1.807, 2.05) is 31.2 Å². The van der Waals surface area contributed by atoms with E-state index in [4.69, 9.17) is 9.47 Å². The molecule has 27 heavy (non-hydrogen) atoms. The van der Waals surface area contributed by atoms with Crippen LogP contribution in [0.4, 0.5) is 0 Å². The average molecular weight is 373 g/mol. The third-order valence-electron chi connectivity index (χ3n) is 5.05. The van der Waals surface area contributed by atoms with Crippen molar-refractivity contribution in [1.82, 2.24) is 5.32 Å². The van der Waals surface area contributed by atoms with Gasteiger partial charge in [0.2, 0.25) is 5.91 Å². The highest BCUT2D eigenvalue weighted by molar-refractivity contribution is 5.96. The van der Waals surface area contributed by atoms with Crippen LogP contribution in [0.3, 0.4) is 0 Å². The number of carbonyl (C=O) groups excluding carboxylic acids is 2. The molecular formula is C22H31NO4. The molecule has 0 spiro atoms. The SMILES string of the molecule is CCCOc1ccccc1[C@H]1CC(=O)NC(C)=C1C(=O)OCC(CC)CC. The number of carbonyl (C=O) groups is 2. The molecule has 1 aromatic carbocycles. The molecule has 2 rings (SSSR count). The topological polar surface area (TPSA) is 64.6 Å². The van der Waals surface area contributed by atoms with Crippen LogP contribution in [0.1, 0.15) is 64.9 Å². The lowest BCUT2D eigenvalue weighted by Gasteiger charge is -2.28. The van der Waals surface area contributed by atoms with Crippen LogP contribution >= 0.6 is 0 Å². The molecule has 5 heteroatoms. The predicted octanol–water partition coefficient (Wildman–Crippen LogP) is 4.33. The summed E-state index contributed by atoms with van der Waals surface area (Å²) in [4.78, 5) is 25.1. The molecular weight excluding hydrogens is 342 g/mol. The zero-order chi connectivity index (χ0) is 19.8. The highest BCUT2D eigenvalue weighted by Gasteiger charge is 2.34. The molecule has 0 aliphatic carbocycles. The Morgan fingerprint density at radius 3 is 2.59 bits per heavy atom. The van der Waals surface area contributed by atoms with Crippen LogP contribution in [-0.4, -0.2) is 25.1 Å². The minimum atomic E-state index is -0.360. The van der Waals surface area contributed by atoms with Gasteiger partial charge in [0, 0.05) is 23.6 Å². The maximum Gasteiger partial charge on any atom is 0.336 e. The van der Waals surface area contributed by atoms with Crippen molar-refractivity contribution >= 4 is 11.9 Å². The maximum atomic E-state index is 12.9. The van der Waals surface area contributed by atoms with Crippen molar-refractivity contribution < 1.29 is 19.1 Å². The molecule has 0 bridgehead atoms. The first kappa shape index (κ1) is 21.0. The van der Waals surface area contributed by atoms with Crippen LogP contribution in [0.5, 0.6) is 5.75 Å². The van der Waals surface area contributed by atoms with Gasteiger partial charge in [0.1, 0.15) is 5.75 Å². The summed E-state index contributed by atoms with van der Waals surface area (Å²) >= 11 is 0. The standard InChI is InChI=1S/C22H31NO4/c1-5-12-26-19-11-9-8-10-17(19)18-13-20(24)23-15(4)21(18)22(25)27-14-16(6-2)7-3/h8-11,16,18H,5-7,12-14H2,1-4H3,(H,23,24)/t18-/m1/s1. The molecule has 1 amide bonds. The Labute approximate surface area is 162 Å². The van der Waals surface area contributed by atoms with Crippen LogP contribution in [0, 0.1) is 5.92 Å². The normalized spacial score (nSPS) is 17.1. The number of rotatable bonds is 9. The number of esters is 1. The van der Waals surface area contributed by atoms with Gasteiger partial charge in [-0.05, 0) is 25.3 Å². The smallest absolute Gasteiger partial charge is 0.336 e. The van der Waals surface area contributed by atoms with Crippen LogP contribution in [0.25, 0.3) is 0 Å². The van der Waals surface area contributed by atoms with E-state index < -0.39 is 0 Å². The third-order valence-corrected chi connectivity index (χ3v) is 5.05. The Morgan fingerprint density at radius 1 is 1.22 bits per heavy atom. The summed E-state index contributed by atoms with van der Waals surface area (Å²) in [7, 11) is 0. The Kier molecular flexibility index (Phi) is 7.89. The predicted molar refractivity (Wildman–Crippen MR) is 105 cm³/mol. The van der Waals surface area contributed by atoms with Gasteiger partial charge in [-0.2, -0.15) is 0 Å². The molecule has 0 saturated carbocycles. The average Bonchev–Trinajstić information content (AvgIpc) is 2.66. The quantitative estimate of drug-likeness (QED) is 0.654. The third kappa shape index (κ3) is 5.34. The van der Waals surface area contributed by atoms with Gasteiger partial charge >= 0.3 is 5.97 Å². The number of ether oxygens (including phenoxy) is 2. The lowest BCUT2D eigenvalue weighted by molar-refractivity contribution is -0.141. The number of allylic oxidation sites excluding steroid dienone is 1. The molecule has 0 unspecified atom stereocenters. The van der Waals surface area contributed by atoms with Crippen LogP contribution in [-0.2, 0) is 14.3 Å². The number of nitrogens with one attached hydrogen (secondary N) is 1. The van der Waals surface area contributed by atoms with Crippen molar-refractivity contribution in [1.29, 1.82) is 0 Å². The van der Waals surface area contributed by atoms with Crippen molar-refractivity contribution in [3.05, 3.63) is 41.1 Å². The Bertz CT molecular complexity index is 691. The van der Waals surface area contributed by atoms with E-state index in [0.717, 1.165) is 30.6 Å². The van der Waals surface area contributed by atoms with Crippen molar-refractivity contribution in [2.75, 3.05) is 13.2 Å². The van der Waals surface area contributed by atoms with Gasteiger partial charge in [-0.15, -0.1) is 0 Å². The summed E-state index contributed by atoms with van der Waals surface area (Å²) in [5.41, 5.74) is 1.94. The number of amides is 1. The Balaban J connectivity index is 2.32. The highest BCUT2D eigenvalue weighted by Crippen LogP contribution is 2.38. The molecule has 1 atom stereocenters. The minimum absolute atomic E-state index is 0.0978. The summed E-state index contributed by atoms with van der Waals surface area (Å²) < 4.78 is 11.5. The van der Waals surface area contributed by atoms with Crippen LogP contribution in [0.15, 0.2) is 35.5 Å². The first-order chi connectivity index (χ1) is 13.0. The second kappa shape index (κ2) is 10.1. The lowest BCUT2D eigenvalue weighted by atomic mass is 9.84. The van der Waals surface area contributed by atoms with Crippen LogP contribution in [0.2, 0.25) is 0 Å². The summed E-state index contributed by atoms with van der Waals surface area (Å²) in [6.07, 6.45) is 3.03. The summed E-state index contributed by atoms with van der Waals surface area (Å²) in [6.45, 7) is 8.98. The molecule has 5 nitrogen and oxygen atoms in total. The van der Waals surface area contributed by atoms with E-state index in [2.05, 4.69) is 19.2 Å². The largest absolute Gasteiger partial charge is 0.493 e. The van der Waals surface area contributed by atoms with Crippen molar-refractivity contribution in [2.24, 2.45) is 5.92 Å². The molecule has 1 N–H and O–H groups in total. The zero-order valence-corrected chi connectivity index (χ0v) is 16.8. The van der Waals surface area contributed by atoms with Crippen molar-refractivity contribution in [3.8, 4) is 5.75 Å². The fraction of sp³-hybridized carbons (Fsp3) is 0.545. The van der Waals surface area contributed by atoms with Crippen molar-refractivity contribution in [3.63, 3.8) is 0 Å². The molecule has 0 fully saturated rings. The summed E-state index contributed by atoms with van der Waals surface area (Å²) in [6, 6.07) is 7.62. The maximum absolute atomic E-state index is 12.9. The first-order valence-corrected chi connectivity index (χ1v) is 9.91. The van der Waals surface area contributed by atoms with E-state index >= 15 is 0 Å². The second-order valence-corrected chi connectivity index (χ2v) is 7.01. The number of hydrogen-bond acceptors (Lipinski definition) is 4. The van der Waals surface area contributed by atoms with Gasteiger partial charge in [0.25, 0.3) is 0 Å². The number of hydrogen-bond donors (Lipinski definition) is 1. The van der Waals surface area contributed by atoms with E-state index in [1.54, 1.807) is 6.92 Å². The molecule has 0 aromatic heterocycles. The molecule has 1 aromatic rings. The second-order valence-electron chi connectivity index (χ2n) is 7.01. The summed E-state index contributed by atoms with van der Waals surface area (Å²) in [5.74, 6) is 0.263. The van der Waals surface area contributed by atoms with Gasteiger partial charge in [0.05, 0.1) is 18.8 Å². The molecule has 1 aliphatic rings. The van der Waals surface area contributed by atoms with Gasteiger partial charge in [-0.25, -0.2) is 4.79 Å². The van der Waals surface area contributed by atoms with Gasteiger partial charge in [-0.1, -0.05) is 51.8 Å². The fourth-order valence-electron chi connectivity index (χ4n) is 3.34. The minimum Gasteiger partial charge on any atom is -0.493 e. The number of para-hydroxylation sites is 1. The van der Waals surface area contributed by atoms with Crippen molar-refractivity contribution in [2.45, 2.75) is 59.3 Å². The van der Waals surface area contributed by atoms with Gasteiger partial charge in [0.15, 0.2) is 0 Å². The first-order valence-electron chi connectivity index (χ1n) is 9.91. The molecule has 148 valence electrons. The van der Waals surface area contributed by atoms with E-state index in [1.165, 1.54) is 0 Å². The van der Waals surface area contributed by atoms with Crippen LogP contribution < -0.4 is 10.1 Å². The Hall–Kier alpha value is -2.30. The molecule has 1 heterocycles. The fourth-order valence-corrected chi connectivity index (χ4v) is 3.34. The highest BCUT2D eigenvalue weighted by atomic mass is 16.5. The Morgan fingerprint density at radius 2 is 1.93 bits per heavy atom. The van der Waals surface area contributed by atoms with Gasteiger partial charge in [-0.3, -0.25) is 4.79 Å². The molecule has 0 radical (unpaired) electrons. The summed E-state index contributed by atoms with van der Waals surface area (Å²) in [5, 5.41) is 2.79. The zero-order valence-electron chi connectivity index (χ0n) is 16.8. The number of benzene rings is 1. The van der Waals surface area contributed by atoms with E-state index in [0.29, 0.717) is 30.4 Å². The molecule has 0 saturated heterocycles. The molecule has 1 aliphatic heterocycles. The van der Waals surface area contributed by atoms with Gasteiger partial charge < -0.3 is 14.8 Å².